The van der Waals surface area contributed by atoms with E-state index in [1.165, 1.54) is 0 Å². The molecule has 2 unspecified atom stereocenters. The lowest BCUT2D eigenvalue weighted by Gasteiger charge is -2.22. The van der Waals surface area contributed by atoms with Gasteiger partial charge in [0.2, 0.25) is 0 Å². The third-order valence-corrected chi connectivity index (χ3v) is 2.90. The van der Waals surface area contributed by atoms with Crippen LogP contribution < -0.4 is 0 Å². The Kier molecular flexibility index (Phi) is 5.27. The van der Waals surface area contributed by atoms with Crippen LogP contribution in [-0.2, 0) is 0 Å². The summed E-state index contributed by atoms with van der Waals surface area (Å²) in [5.41, 5.74) is -0.990. The molecule has 78 valence electrons. The van der Waals surface area contributed by atoms with Gasteiger partial charge in [-0.2, -0.15) is 0 Å². The fourth-order valence-corrected chi connectivity index (χ4v) is 1.37. The number of hydrogen-bond acceptors (Lipinski definition) is 0. The highest BCUT2D eigenvalue weighted by Gasteiger charge is 2.22. The van der Waals surface area contributed by atoms with Gasteiger partial charge in [-0.15, -0.1) is 6.58 Å². The van der Waals surface area contributed by atoms with Crippen molar-refractivity contribution in [3.63, 3.8) is 0 Å². The maximum absolute atomic E-state index is 13.5. The van der Waals surface area contributed by atoms with Gasteiger partial charge >= 0.3 is 0 Å². The van der Waals surface area contributed by atoms with Gasteiger partial charge < -0.3 is 0 Å². The highest BCUT2D eigenvalue weighted by molar-refractivity contribution is 4.84. The van der Waals surface area contributed by atoms with Crippen molar-refractivity contribution in [2.45, 2.75) is 52.6 Å². The van der Waals surface area contributed by atoms with E-state index in [4.69, 9.17) is 0 Å². The molecule has 0 N–H and O–H groups in total. The minimum absolute atomic E-state index is 0.460. The summed E-state index contributed by atoms with van der Waals surface area (Å²) in [5.74, 6) is 1.03. The Morgan fingerprint density at radius 2 is 2.00 bits per heavy atom. The number of rotatable bonds is 6. The highest BCUT2D eigenvalue weighted by atomic mass is 19.1. The maximum atomic E-state index is 13.5. The molecule has 0 aromatic heterocycles. The zero-order valence-electron chi connectivity index (χ0n) is 9.44. The molecular weight excluding hydrogens is 163 g/mol. The van der Waals surface area contributed by atoms with Gasteiger partial charge in [-0.3, -0.25) is 0 Å². The lowest BCUT2D eigenvalue weighted by molar-refractivity contribution is 0.155. The summed E-state index contributed by atoms with van der Waals surface area (Å²) < 4.78 is 13.5. The van der Waals surface area contributed by atoms with E-state index >= 15 is 0 Å². The SMILES string of the molecule is C=CC(CCC(C)(F)CC)C(C)C. The Labute approximate surface area is 82.2 Å². The van der Waals surface area contributed by atoms with E-state index in [9.17, 15) is 4.39 Å². The second kappa shape index (κ2) is 5.41. The molecule has 0 aliphatic heterocycles. The van der Waals surface area contributed by atoms with Crippen LogP contribution in [0.5, 0.6) is 0 Å². The quantitative estimate of drug-likeness (QED) is 0.540. The average Bonchev–Trinajstić information content (AvgIpc) is 2.05. The molecule has 1 heteroatoms. The Morgan fingerprint density at radius 1 is 1.46 bits per heavy atom. The van der Waals surface area contributed by atoms with Gasteiger partial charge in [-0.1, -0.05) is 26.8 Å². The van der Waals surface area contributed by atoms with E-state index in [1.807, 2.05) is 13.0 Å². The molecule has 0 bridgehead atoms. The third-order valence-electron chi connectivity index (χ3n) is 2.90. The first-order valence-electron chi connectivity index (χ1n) is 5.24. The van der Waals surface area contributed by atoms with Crippen LogP contribution in [0.15, 0.2) is 12.7 Å². The summed E-state index contributed by atoms with van der Waals surface area (Å²) >= 11 is 0. The third kappa shape index (κ3) is 5.07. The largest absolute Gasteiger partial charge is 0.244 e. The molecule has 0 nitrogen and oxygen atoms in total. The molecule has 2 atom stereocenters. The zero-order chi connectivity index (χ0) is 10.5. The molecule has 0 rings (SSSR count). The Bertz CT molecular complexity index is 147. The molecule has 0 saturated carbocycles. The van der Waals surface area contributed by atoms with Gasteiger partial charge in [-0.25, -0.2) is 4.39 Å². The van der Waals surface area contributed by atoms with E-state index in [0.717, 1.165) is 6.42 Å². The molecule has 0 aromatic carbocycles. The number of alkyl halides is 1. The minimum atomic E-state index is -0.990. The standard InChI is InChI=1S/C12H23F/c1-6-11(10(3)4)8-9-12(5,13)7-2/h6,10-11H,1,7-9H2,2-5H3. The highest BCUT2D eigenvalue weighted by Crippen LogP contribution is 2.27. The van der Waals surface area contributed by atoms with Crippen molar-refractivity contribution in [3.05, 3.63) is 12.7 Å². The van der Waals surface area contributed by atoms with Crippen molar-refractivity contribution in [2.75, 3.05) is 0 Å². The molecule has 0 heterocycles. The smallest absolute Gasteiger partial charge is 0.108 e. The predicted octanol–water partition coefficient (Wildman–Crippen LogP) is 4.36. The van der Waals surface area contributed by atoms with Crippen LogP contribution in [0.3, 0.4) is 0 Å². The predicted molar refractivity (Wildman–Crippen MR) is 57.6 cm³/mol. The Hall–Kier alpha value is -0.330. The van der Waals surface area contributed by atoms with Crippen LogP contribution >= 0.6 is 0 Å². The topological polar surface area (TPSA) is 0 Å². The first-order chi connectivity index (χ1) is 5.93. The van der Waals surface area contributed by atoms with Gasteiger partial charge in [0.05, 0.1) is 0 Å². The summed E-state index contributed by atoms with van der Waals surface area (Å²) in [6, 6.07) is 0. The van der Waals surface area contributed by atoms with Gasteiger partial charge in [-0.05, 0) is 38.0 Å². The van der Waals surface area contributed by atoms with Crippen LogP contribution in [0.4, 0.5) is 4.39 Å². The van der Waals surface area contributed by atoms with Crippen molar-refractivity contribution in [2.24, 2.45) is 11.8 Å². The molecule has 13 heavy (non-hydrogen) atoms. The van der Waals surface area contributed by atoms with Crippen molar-refractivity contribution < 1.29 is 4.39 Å². The maximum Gasteiger partial charge on any atom is 0.108 e. The van der Waals surface area contributed by atoms with Crippen molar-refractivity contribution in [1.29, 1.82) is 0 Å². The zero-order valence-corrected chi connectivity index (χ0v) is 9.44. The normalized spacial score (nSPS) is 18.3. The summed E-state index contributed by atoms with van der Waals surface area (Å²) in [4.78, 5) is 0. The van der Waals surface area contributed by atoms with Crippen LogP contribution in [0.1, 0.15) is 47.0 Å². The second-order valence-corrected chi connectivity index (χ2v) is 4.45. The Balaban J connectivity index is 3.91. The molecular formula is C12H23F. The van der Waals surface area contributed by atoms with E-state index < -0.39 is 5.67 Å². The van der Waals surface area contributed by atoms with Gasteiger partial charge in [0, 0.05) is 0 Å². The fraction of sp³-hybridized carbons (Fsp3) is 0.833. The molecule has 0 aromatic rings. The summed E-state index contributed by atoms with van der Waals surface area (Å²) in [6.45, 7) is 11.7. The molecule has 0 fully saturated rings. The van der Waals surface area contributed by atoms with Gasteiger partial charge in [0.15, 0.2) is 0 Å². The van der Waals surface area contributed by atoms with Crippen LogP contribution in [0, 0.1) is 11.8 Å². The van der Waals surface area contributed by atoms with Crippen LogP contribution in [0.25, 0.3) is 0 Å². The lowest BCUT2D eigenvalue weighted by Crippen LogP contribution is -2.18. The first kappa shape index (κ1) is 12.7. The summed E-state index contributed by atoms with van der Waals surface area (Å²) in [7, 11) is 0. The van der Waals surface area contributed by atoms with Gasteiger partial charge in [0.1, 0.15) is 5.67 Å². The fourth-order valence-electron chi connectivity index (χ4n) is 1.37. The van der Waals surface area contributed by atoms with Crippen molar-refractivity contribution in [1.82, 2.24) is 0 Å². The first-order valence-corrected chi connectivity index (χ1v) is 5.24. The van der Waals surface area contributed by atoms with Crippen molar-refractivity contribution in [3.8, 4) is 0 Å². The molecule has 0 aliphatic carbocycles. The number of allylic oxidation sites excluding steroid dienone is 1. The molecule has 0 aliphatic rings. The molecule has 0 spiro atoms. The summed E-state index contributed by atoms with van der Waals surface area (Å²) in [6.07, 6.45) is 4.13. The van der Waals surface area contributed by atoms with Crippen molar-refractivity contribution >= 4 is 0 Å². The van der Waals surface area contributed by atoms with E-state index in [0.29, 0.717) is 24.7 Å². The molecule has 0 saturated heterocycles. The van der Waals surface area contributed by atoms with Gasteiger partial charge in [0.25, 0.3) is 0 Å². The van der Waals surface area contributed by atoms with Crippen LogP contribution in [0.2, 0.25) is 0 Å². The van der Waals surface area contributed by atoms with E-state index in [2.05, 4.69) is 20.4 Å². The lowest BCUT2D eigenvalue weighted by atomic mass is 9.87. The monoisotopic (exact) mass is 186 g/mol. The number of hydrogen-bond donors (Lipinski definition) is 0. The molecule has 0 amide bonds. The van der Waals surface area contributed by atoms with E-state index in [1.54, 1.807) is 6.92 Å². The van der Waals surface area contributed by atoms with E-state index in [-0.39, 0.29) is 0 Å². The second-order valence-electron chi connectivity index (χ2n) is 4.45. The average molecular weight is 186 g/mol. The van der Waals surface area contributed by atoms with Crippen LogP contribution in [-0.4, -0.2) is 5.67 Å². The Morgan fingerprint density at radius 3 is 2.31 bits per heavy atom. The summed E-state index contributed by atoms with van der Waals surface area (Å²) in [5, 5.41) is 0. The number of halogens is 1. The minimum Gasteiger partial charge on any atom is -0.244 e. The molecule has 0 radical (unpaired) electrons.